The Bertz CT molecular complexity index is 617. The molecule has 0 radical (unpaired) electrons. The van der Waals surface area contributed by atoms with Gasteiger partial charge in [-0.25, -0.2) is 13.1 Å². The van der Waals surface area contributed by atoms with Gasteiger partial charge in [0, 0.05) is 0 Å². The standard InChI is InChI=1S/C14H17NO3S/c1-12-7-8-14(18-12)11-15-19(16,17)10-9-13-5-3-2-4-6-13/h2-8,15H,9-11H2,1H3. The fourth-order valence-electron chi connectivity index (χ4n) is 1.73. The molecule has 0 fully saturated rings. The zero-order valence-electron chi connectivity index (χ0n) is 10.8. The Labute approximate surface area is 113 Å². The lowest BCUT2D eigenvalue weighted by Gasteiger charge is -2.05. The van der Waals surface area contributed by atoms with Gasteiger partial charge in [0.15, 0.2) is 0 Å². The first-order chi connectivity index (χ1) is 9.05. The molecule has 2 aromatic rings. The summed E-state index contributed by atoms with van der Waals surface area (Å²) in [6.07, 6.45) is 0.507. The predicted octanol–water partition coefficient (Wildman–Crippen LogP) is 2.25. The second-order valence-electron chi connectivity index (χ2n) is 4.39. The second kappa shape index (κ2) is 6.04. The number of furan rings is 1. The molecule has 0 aliphatic rings. The van der Waals surface area contributed by atoms with Crippen molar-refractivity contribution in [1.29, 1.82) is 0 Å². The molecule has 2 rings (SSSR count). The SMILES string of the molecule is Cc1ccc(CNS(=O)(=O)CCc2ccccc2)o1. The minimum atomic E-state index is -3.28. The zero-order chi connectivity index (χ0) is 13.7. The van der Waals surface area contributed by atoms with Gasteiger partial charge in [0.2, 0.25) is 10.0 Å². The summed E-state index contributed by atoms with van der Waals surface area (Å²) in [7, 11) is -3.28. The van der Waals surface area contributed by atoms with Gasteiger partial charge in [-0.3, -0.25) is 0 Å². The Hall–Kier alpha value is -1.59. The maximum absolute atomic E-state index is 11.8. The van der Waals surface area contributed by atoms with Crippen LogP contribution in [0.3, 0.4) is 0 Å². The van der Waals surface area contributed by atoms with Crippen LogP contribution in [0.5, 0.6) is 0 Å². The highest BCUT2D eigenvalue weighted by atomic mass is 32.2. The van der Waals surface area contributed by atoms with Crippen LogP contribution in [0.4, 0.5) is 0 Å². The van der Waals surface area contributed by atoms with E-state index in [1.54, 1.807) is 6.07 Å². The minimum Gasteiger partial charge on any atom is -0.465 e. The molecule has 0 spiro atoms. The molecule has 102 valence electrons. The van der Waals surface area contributed by atoms with Crippen molar-refractivity contribution in [2.75, 3.05) is 5.75 Å². The summed E-state index contributed by atoms with van der Waals surface area (Å²) in [5.41, 5.74) is 1.02. The molecule has 1 aromatic heterocycles. The number of rotatable bonds is 6. The average Bonchev–Trinajstić information content (AvgIpc) is 2.82. The lowest BCUT2D eigenvalue weighted by Crippen LogP contribution is -2.26. The van der Waals surface area contributed by atoms with E-state index in [1.165, 1.54) is 0 Å². The summed E-state index contributed by atoms with van der Waals surface area (Å²) in [6.45, 7) is 2.03. The Morgan fingerprint density at radius 3 is 2.47 bits per heavy atom. The van der Waals surface area contributed by atoms with Crippen LogP contribution in [0, 0.1) is 6.92 Å². The zero-order valence-corrected chi connectivity index (χ0v) is 11.6. The first-order valence-electron chi connectivity index (χ1n) is 6.12. The molecule has 0 atom stereocenters. The fraction of sp³-hybridized carbons (Fsp3) is 0.286. The summed E-state index contributed by atoms with van der Waals surface area (Å²) in [5, 5.41) is 0. The molecule has 0 aliphatic heterocycles. The van der Waals surface area contributed by atoms with Crippen molar-refractivity contribution in [3.05, 3.63) is 59.5 Å². The molecular formula is C14H17NO3S. The molecule has 5 heteroatoms. The van der Waals surface area contributed by atoms with Gasteiger partial charge in [-0.05, 0) is 31.0 Å². The Balaban J connectivity index is 1.85. The highest BCUT2D eigenvalue weighted by Gasteiger charge is 2.11. The average molecular weight is 279 g/mol. The van der Waals surface area contributed by atoms with Crippen molar-refractivity contribution < 1.29 is 12.8 Å². The van der Waals surface area contributed by atoms with E-state index in [0.717, 1.165) is 11.3 Å². The summed E-state index contributed by atoms with van der Waals surface area (Å²) in [5.74, 6) is 1.48. The Kier molecular flexibility index (Phi) is 4.39. The molecule has 1 aromatic carbocycles. The van der Waals surface area contributed by atoms with Crippen LogP contribution >= 0.6 is 0 Å². The molecule has 19 heavy (non-hydrogen) atoms. The van der Waals surface area contributed by atoms with Crippen molar-refractivity contribution >= 4 is 10.0 Å². The maximum atomic E-state index is 11.8. The van der Waals surface area contributed by atoms with Crippen molar-refractivity contribution in [2.24, 2.45) is 0 Å². The quantitative estimate of drug-likeness (QED) is 0.882. The van der Waals surface area contributed by atoms with Crippen molar-refractivity contribution in [3.8, 4) is 0 Å². The third kappa shape index (κ3) is 4.54. The lowest BCUT2D eigenvalue weighted by molar-refractivity contribution is 0.475. The van der Waals surface area contributed by atoms with E-state index >= 15 is 0 Å². The van der Waals surface area contributed by atoms with E-state index in [4.69, 9.17) is 4.42 Å². The van der Waals surface area contributed by atoms with Crippen LogP contribution in [-0.2, 0) is 23.0 Å². The van der Waals surface area contributed by atoms with E-state index in [0.29, 0.717) is 12.2 Å². The van der Waals surface area contributed by atoms with Crippen molar-refractivity contribution in [1.82, 2.24) is 4.72 Å². The maximum Gasteiger partial charge on any atom is 0.212 e. The lowest BCUT2D eigenvalue weighted by atomic mass is 10.2. The Morgan fingerprint density at radius 1 is 1.11 bits per heavy atom. The molecule has 0 saturated heterocycles. The number of hydrogen-bond acceptors (Lipinski definition) is 3. The van der Waals surface area contributed by atoms with E-state index in [2.05, 4.69) is 4.72 Å². The third-order valence-electron chi connectivity index (χ3n) is 2.76. The van der Waals surface area contributed by atoms with Crippen LogP contribution in [0.1, 0.15) is 17.1 Å². The number of hydrogen-bond donors (Lipinski definition) is 1. The molecule has 0 unspecified atom stereocenters. The summed E-state index contributed by atoms with van der Waals surface area (Å²) < 4.78 is 31.5. The highest BCUT2D eigenvalue weighted by Crippen LogP contribution is 2.07. The number of nitrogens with one attached hydrogen (secondary N) is 1. The van der Waals surface area contributed by atoms with Gasteiger partial charge in [-0.1, -0.05) is 30.3 Å². The fourth-order valence-corrected chi connectivity index (χ4v) is 2.74. The smallest absolute Gasteiger partial charge is 0.212 e. The summed E-state index contributed by atoms with van der Waals surface area (Å²) in [4.78, 5) is 0. The molecular weight excluding hydrogens is 262 g/mol. The Morgan fingerprint density at radius 2 is 1.84 bits per heavy atom. The first kappa shape index (κ1) is 13.8. The van der Waals surface area contributed by atoms with Gasteiger partial charge in [-0.2, -0.15) is 0 Å². The normalized spacial score (nSPS) is 11.6. The highest BCUT2D eigenvalue weighted by molar-refractivity contribution is 7.89. The molecule has 0 aliphatic carbocycles. The van der Waals surface area contributed by atoms with E-state index < -0.39 is 10.0 Å². The molecule has 1 N–H and O–H groups in total. The third-order valence-corrected chi connectivity index (χ3v) is 4.09. The van der Waals surface area contributed by atoms with Crippen molar-refractivity contribution in [3.63, 3.8) is 0 Å². The van der Waals surface area contributed by atoms with Gasteiger partial charge in [0.1, 0.15) is 11.5 Å². The topological polar surface area (TPSA) is 59.3 Å². The molecule has 1 heterocycles. The first-order valence-corrected chi connectivity index (χ1v) is 7.77. The van der Waals surface area contributed by atoms with Gasteiger partial charge < -0.3 is 4.42 Å². The van der Waals surface area contributed by atoms with Crippen LogP contribution in [0.2, 0.25) is 0 Å². The van der Waals surface area contributed by atoms with Crippen molar-refractivity contribution in [2.45, 2.75) is 19.9 Å². The monoisotopic (exact) mass is 279 g/mol. The van der Waals surface area contributed by atoms with Gasteiger partial charge >= 0.3 is 0 Å². The molecule has 4 nitrogen and oxygen atoms in total. The predicted molar refractivity (Wildman–Crippen MR) is 74.2 cm³/mol. The van der Waals surface area contributed by atoms with E-state index in [-0.39, 0.29) is 12.3 Å². The van der Waals surface area contributed by atoms with Crippen LogP contribution in [-0.4, -0.2) is 14.2 Å². The number of aryl methyl sites for hydroxylation is 2. The van der Waals surface area contributed by atoms with Crippen LogP contribution < -0.4 is 4.72 Å². The number of benzene rings is 1. The molecule has 0 saturated carbocycles. The molecule has 0 amide bonds. The van der Waals surface area contributed by atoms with Gasteiger partial charge in [0.25, 0.3) is 0 Å². The van der Waals surface area contributed by atoms with E-state index in [9.17, 15) is 8.42 Å². The summed E-state index contributed by atoms with van der Waals surface area (Å²) >= 11 is 0. The van der Waals surface area contributed by atoms with E-state index in [1.807, 2.05) is 43.3 Å². The van der Waals surface area contributed by atoms with Crippen LogP contribution in [0.25, 0.3) is 0 Å². The largest absolute Gasteiger partial charge is 0.465 e. The number of sulfonamides is 1. The van der Waals surface area contributed by atoms with Gasteiger partial charge in [-0.15, -0.1) is 0 Å². The van der Waals surface area contributed by atoms with Crippen LogP contribution in [0.15, 0.2) is 46.9 Å². The van der Waals surface area contributed by atoms with Gasteiger partial charge in [0.05, 0.1) is 12.3 Å². The second-order valence-corrected chi connectivity index (χ2v) is 6.31. The minimum absolute atomic E-state index is 0.0801. The molecule has 0 bridgehead atoms. The summed E-state index contributed by atoms with van der Waals surface area (Å²) in [6, 6.07) is 13.1.